The number of nitrogens with one attached hydrogen (secondary N) is 1. The smallest absolute Gasteiger partial charge is 0.155 e. The first-order valence-corrected chi connectivity index (χ1v) is 16.8. The fourth-order valence-electron chi connectivity index (χ4n) is 10.4. The predicted octanol–water partition coefficient (Wildman–Crippen LogP) is 7.95. The van der Waals surface area contributed by atoms with Crippen LogP contribution in [-0.4, -0.2) is 29.1 Å². The summed E-state index contributed by atoms with van der Waals surface area (Å²) in [5.74, 6) is 4.36. The predicted molar refractivity (Wildman–Crippen MR) is 161 cm³/mol. The number of carbonyl (C=O) groups is 1. The highest BCUT2D eigenvalue weighted by Crippen LogP contribution is 2.67. The summed E-state index contributed by atoms with van der Waals surface area (Å²) in [7, 11) is 0. The molecule has 0 aromatic heterocycles. The molecule has 5 aliphatic rings. The van der Waals surface area contributed by atoms with Gasteiger partial charge in [0, 0.05) is 23.9 Å². The maximum atomic E-state index is 12.2. The van der Waals surface area contributed by atoms with Crippen LogP contribution in [0.5, 0.6) is 5.75 Å². The van der Waals surface area contributed by atoms with Gasteiger partial charge in [-0.05, 0) is 124 Å². The lowest BCUT2D eigenvalue weighted by molar-refractivity contribution is -0.136. The van der Waals surface area contributed by atoms with Gasteiger partial charge in [0.1, 0.15) is 5.75 Å². The lowest BCUT2D eigenvalue weighted by Crippen LogP contribution is -2.55. The highest BCUT2D eigenvalue weighted by Gasteiger charge is 2.63. The van der Waals surface area contributed by atoms with Crippen molar-refractivity contribution in [3.05, 3.63) is 41.5 Å². The van der Waals surface area contributed by atoms with Gasteiger partial charge in [0.25, 0.3) is 0 Å². The van der Waals surface area contributed by atoms with Gasteiger partial charge < -0.3 is 15.2 Å². The van der Waals surface area contributed by atoms with Crippen LogP contribution in [0.2, 0.25) is 0 Å². The highest BCUT2D eigenvalue weighted by molar-refractivity contribution is 5.91. The Kier molecular flexibility index (Phi) is 8.22. The van der Waals surface area contributed by atoms with Crippen molar-refractivity contribution in [1.29, 1.82) is 0 Å². The van der Waals surface area contributed by atoms with Gasteiger partial charge >= 0.3 is 0 Å². The Labute approximate surface area is 242 Å². The van der Waals surface area contributed by atoms with E-state index in [-0.39, 0.29) is 5.41 Å². The summed E-state index contributed by atoms with van der Waals surface area (Å²) >= 11 is 0. The first kappa shape index (κ1) is 28.5. The number of fused-ring (bicyclic) bond motifs is 5. The molecule has 0 amide bonds. The van der Waals surface area contributed by atoms with Crippen molar-refractivity contribution in [2.45, 2.75) is 128 Å². The first-order valence-electron chi connectivity index (χ1n) is 16.8. The van der Waals surface area contributed by atoms with E-state index in [1.54, 1.807) is 0 Å². The third-order valence-corrected chi connectivity index (χ3v) is 12.3. The third-order valence-electron chi connectivity index (χ3n) is 12.3. The second-order valence-corrected chi connectivity index (χ2v) is 14.5. The van der Waals surface area contributed by atoms with Crippen molar-refractivity contribution in [2.24, 2.45) is 35.0 Å². The first-order chi connectivity index (χ1) is 19.3. The molecule has 1 aromatic carbocycles. The van der Waals surface area contributed by atoms with Crippen LogP contribution in [0.1, 0.15) is 122 Å². The molecule has 40 heavy (non-hydrogen) atoms. The van der Waals surface area contributed by atoms with Crippen LogP contribution < -0.4 is 10.1 Å². The van der Waals surface area contributed by atoms with Crippen molar-refractivity contribution < 1.29 is 14.6 Å². The summed E-state index contributed by atoms with van der Waals surface area (Å²) in [4.78, 5) is 12.2. The summed E-state index contributed by atoms with van der Waals surface area (Å²) in [5, 5.41) is 15.8. The van der Waals surface area contributed by atoms with E-state index in [9.17, 15) is 9.90 Å². The van der Waals surface area contributed by atoms with Gasteiger partial charge in [-0.15, -0.1) is 0 Å². The number of rotatable bonds is 9. The van der Waals surface area contributed by atoms with Crippen LogP contribution in [0.4, 0.5) is 0 Å². The molecule has 0 radical (unpaired) electrons. The second kappa shape index (κ2) is 11.6. The van der Waals surface area contributed by atoms with Crippen LogP contribution in [0.25, 0.3) is 0 Å². The molecule has 0 aliphatic heterocycles. The van der Waals surface area contributed by atoms with Gasteiger partial charge in [0.05, 0.1) is 12.2 Å². The zero-order chi connectivity index (χ0) is 27.9. The molecule has 0 saturated heterocycles. The van der Waals surface area contributed by atoms with Crippen LogP contribution >= 0.6 is 0 Å². The van der Waals surface area contributed by atoms with Gasteiger partial charge in [-0.25, -0.2) is 0 Å². The maximum absolute atomic E-state index is 12.2. The van der Waals surface area contributed by atoms with E-state index in [1.165, 1.54) is 49.7 Å². The quantitative estimate of drug-likeness (QED) is 0.329. The van der Waals surface area contributed by atoms with E-state index in [4.69, 9.17) is 4.74 Å². The fraction of sp³-hybridized carbons (Fsp3) is 0.750. The molecule has 4 nitrogen and oxygen atoms in total. The molecule has 220 valence electrons. The van der Waals surface area contributed by atoms with Gasteiger partial charge in [-0.2, -0.15) is 0 Å². The largest absolute Gasteiger partial charge is 0.494 e. The summed E-state index contributed by atoms with van der Waals surface area (Å²) < 4.78 is 6.52. The Hall–Kier alpha value is -1.65. The number of aliphatic hydroxyl groups is 1. The minimum atomic E-state index is -0.635. The number of hydrogen-bond donors (Lipinski definition) is 2. The topological polar surface area (TPSA) is 58.6 Å². The average Bonchev–Trinajstić information content (AvgIpc) is 3.54. The highest BCUT2D eigenvalue weighted by atomic mass is 16.5. The molecular weight excluding hydrogens is 494 g/mol. The summed E-state index contributed by atoms with van der Waals surface area (Å²) in [5.41, 5.74) is 2.08. The summed E-state index contributed by atoms with van der Waals surface area (Å²) in [6.45, 7) is 7.49. The monoisotopic (exact) mass is 547 g/mol. The number of benzene rings is 1. The lowest BCUT2D eigenvalue weighted by atomic mass is 9.47. The number of hydrogen-bond acceptors (Lipinski definition) is 4. The standard InChI is InChI=1S/C36H53NO3/c1-4-8-33(37-27-10-5-6-11-27)25-9-7-12-29(23-25)40-20-19-36-18-15-31-30-14-13-28(38)22-26(30)21-24(2)34(31)32(36)16-17-35(36,3)39/h7,9,12,22-24,27,30-34,37,39H,4-6,8,10-11,13-21H2,1-3H3/t24-,30?,31?,32?,33?,34?,35-,36+/m0/s1. The van der Waals surface area contributed by atoms with Gasteiger partial charge in [0.15, 0.2) is 5.78 Å². The van der Waals surface area contributed by atoms with Gasteiger partial charge in [0.2, 0.25) is 0 Å². The molecule has 5 aliphatic carbocycles. The molecule has 8 atom stereocenters. The van der Waals surface area contributed by atoms with Gasteiger partial charge in [-0.1, -0.05) is 50.8 Å². The number of allylic oxidation sites excluding steroid dienone is 1. The minimum absolute atomic E-state index is 0.0689. The number of ketones is 1. The minimum Gasteiger partial charge on any atom is -0.494 e. The molecule has 0 spiro atoms. The summed E-state index contributed by atoms with van der Waals surface area (Å²) in [6, 6.07) is 9.85. The fourth-order valence-corrected chi connectivity index (χ4v) is 10.4. The Morgan fingerprint density at radius 3 is 2.75 bits per heavy atom. The van der Waals surface area contributed by atoms with Crippen LogP contribution in [0.3, 0.4) is 0 Å². The Bertz CT molecular complexity index is 1090. The molecule has 2 N–H and O–H groups in total. The van der Waals surface area contributed by atoms with Crippen molar-refractivity contribution in [2.75, 3.05) is 6.61 Å². The third kappa shape index (κ3) is 5.21. The van der Waals surface area contributed by atoms with Crippen molar-refractivity contribution in [3.8, 4) is 5.75 Å². The second-order valence-electron chi connectivity index (χ2n) is 14.5. The van der Waals surface area contributed by atoms with E-state index in [0.29, 0.717) is 54.1 Å². The molecule has 4 fully saturated rings. The Morgan fingerprint density at radius 2 is 1.95 bits per heavy atom. The molecule has 0 bridgehead atoms. The SMILES string of the molecule is CCCC(NC1CCCC1)c1cccc(OCC[C@]23CCC4C5CCC(=O)C=C5C[C@H](C)C4C2CC[C@]3(C)O)c1. The lowest BCUT2D eigenvalue weighted by Gasteiger charge is -2.58. The number of ether oxygens (including phenoxy) is 1. The maximum Gasteiger partial charge on any atom is 0.155 e. The number of carbonyl (C=O) groups excluding carboxylic acids is 1. The normalized spacial score (nSPS) is 38.4. The molecule has 6 rings (SSSR count). The molecule has 4 saturated carbocycles. The average molecular weight is 548 g/mol. The van der Waals surface area contributed by atoms with Crippen molar-refractivity contribution in [3.63, 3.8) is 0 Å². The van der Waals surface area contributed by atoms with Crippen molar-refractivity contribution >= 4 is 5.78 Å². The van der Waals surface area contributed by atoms with E-state index in [2.05, 4.69) is 50.4 Å². The van der Waals surface area contributed by atoms with E-state index in [1.807, 2.05) is 6.08 Å². The Morgan fingerprint density at radius 1 is 1.12 bits per heavy atom. The van der Waals surface area contributed by atoms with E-state index < -0.39 is 5.60 Å². The van der Waals surface area contributed by atoms with E-state index in [0.717, 1.165) is 57.1 Å². The molecular formula is C36H53NO3. The zero-order valence-electron chi connectivity index (χ0n) is 25.3. The van der Waals surface area contributed by atoms with Crippen LogP contribution in [0, 0.1) is 35.0 Å². The Balaban J connectivity index is 1.16. The molecule has 1 aromatic rings. The zero-order valence-corrected chi connectivity index (χ0v) is 25.3. The summed E-state index contributed by atoms with van der Waals surface area (Å²) in [6.07, 6.45) is 17.7. The van der Waals surface area contributed by atoms with E-state index >= 15 is 0 Å². The molecule has 5 unspecified atom stereocenters. The van der Waals surface area contributed by atoms with Crippen molar-refractivity contribution in [1.82, 2.24) is 5.32 Å². The molecule has 0 heterocycles. The van der Waals surface area contributed by atoms with Crippen LogP contribution in [-0.2, 0) is 4.79 Å². The van der Waals surface area contributed by atoms with Crippen LogP contribution in [0.15, 0.2) is 35.9 Å². The molecule has 4 heteroatoms. The van der Waals surface area contributed by atoms with Gasteiger partial charge in [-0.3, -0.25) is 4.79 Å².